The molecule has 2 aromatic carbocycles. The maximum Gasteiger partial charge on any atom is 0.185 e. The summed E-state index contributed by atoms with van der Waals surface area (Å²) in [4.78, 5) is 4.17. The molecule has 0 aliphatic rings. The number of benzene rings is 2. The number of rotatable bonds is 1. The Kier molecular flexibility index (Phi) is 2.91. The lowest BCUT2D eigenvalue weighted by atomic mass is 10.1. The molecule has 3 aromatic rings. The van der Waals surface area contributed by atoms with Gasteiger partial charge in [-0.25, -0.2) is 13.8 Å². The highest BCUT2D eigenvalue weighted by molar-refractivity contribution is 6.35. The summed E-state index contributed by atoms with van der Waals surface area (Å²) < 4.78 is 27.0. The quantitative estimate of drug-likeness (QED) is 0.620. The average Bonchev–Trinajstić information content (AvgIpc) is 2.44. The van der Waals surface area contributed by atoms with Crippen molar-refractivity contribution in [1.82, 2.24) is 4.98 Å². The van der Waals surface area contributed by atoms with Crippen molar-refractivity contribution in [3.63, 3.8) is 0 Å². The Morgan fingerprint density at radius 2 is 1.68 bits per heavy atom. The summed E-state index contributed by atoms with van der Waals surface area (Å²) in [5, 5.41) is 0.753. The van der Waals surface area contributed by atoms with Crippen LogP contribution < -0.4 is 0 Å². The lowest BCUT2D eigenvalue weighted by Crippen LogP contribution is -1.92. The molecule has 1 aromatic heterocycles. The van der Waals surface area contributed by atoms with Crippen molar-refractivity contribution in [2.45, 2.75) is 0 Å². The summed E-state index contributed by atoms with van der Waals surface area (Å²) in [5.74, 6) is -1.90. The number of hydrogen-bond donors (Lipinski definition) is 0. The monoisotopic (exact) mass is 275 g/mol. The molecule has 0 radical (unpaired) electrons. The highest BCUT2D eigenvalue weighted by Gasteiger charge is 2.13. The van der Waals surface area contributed by atoms with Gasteiger partial charge in [0, 0.05) is 10.9 Å². The van der Waals surface area contributed by atoms with Gasteiger partial charge in [0.05, 0.1) is 10.7 Å². The first-order chi connectivity index (χ1) is 9.16. The van der Waals surface area contributed by atoms with Gasteiger partial charge in [-0.15, -0.1) is 0 Å². The minimum Gasteiger partial charge on any atom is -0.244 e. The predicted octanol–water partition coefficient (Wildman–Crippen LogP) is 4.83. The zero-order valence-electron chi connectivity index (χ0n) is 9.70. The maximum absolute atomic E-state index is 13.8. The minimum atomic E-state index is -0.975. The van der Waals surface area contributed by atoms with Gasteiger partial charge in [0.15, 0.2) is 11.6 Å². The molecule has 0 spiro atoms. The van der Waals surface area contributed by atoms with Crippen LogP contribution in [0.2, 0.25) is 5.02 Å². The third-order valence-electron chi connectivity index (χ3n) is 2.89. The van der Waals surface area contributed by atoms with Crippen molar-refractivity contribution in [3.05, 3.63) is 65.2 Å². The SMILES string of the molecule is Fc1ccc2c(Cl)cc(-c3ccccc3)nc2c1F. The van der Waals surface area contributed by atoms with E-state index < -0.39 is 11.6 Å². The van der Waals surface area contributed by atoms with Gasteiger partial charge in [-0.1, -0.05) is 41.9 Å². The number of fused-ring (bicyclic) bond motifs is 1. The highest BCUT2D eigenvalue weighted by Crippen LogP contribution is 2.30. The Bertz CT molecular complexity index is 757. The number of hydrogen-bond acceptors (Lipinski definition) is 1. The Balaban J connectivity index is 2.32. The van der Waals surface area contributed by atoms with Crippen molar-refractivity contribution in [3.8, 4) is 11.3 Å². The topological polar surface area (TPSA) is 12.9 Å². The Hall–Kier alpha value is -2.00. The van der Waals surface area contributed by atoms with Gasteiger partial charge >= 0.3 is 0 Å². The molecule has 0 aliphatic carbocycles. The van der Waals surface area contributed by atoms with Crippen LogP contribution in [0.4, 0.5) is 8.78 Å². The van der Waals surface area contributed by atoms with Crippen LogP contribution in [0, 0.1) is 11.6 Å². The van der Waals surface area contributed by atoms with E-state index in [0.29, 0.717) is 16.1 Å². The second-order valence-electron chi connectivity index (χ2n) is 4.11. The maximum atomic E-state index is 13.8. The molecule has 94 valence electrons. The van der Waals surface area contributed by atoms with Gasteiger partial charge in [-0.2, -0.15) is 0 Å². The van der Waals surface area contributed by atoms with E-state index in [1.807, 2.05) is 30.3 Å². The standard InChI is InChI=1S/C15H8ClF2N/c16-11-8-13(9-4-2-1-3-5-9)19-15-10(11)6-7-12(17)14(15)18/h1-8H. The van der Waals surface area contributed by atoms with Crippen molar-refractivity contribution >= 4 is 22.5 Å². The van der Waals surface area contributed by atoms with Gasteiger partial charge in [-0.3, -0.25) is 0 Å². The predicted molar refractivity (Wildman–Crippen MR) is 72.1 cm³/mol. The molecule has 1 nitrogen and oxygen atoms in total. The zero-order valence-corrected chi connectivity index (χ0v) is 10.5. The molecule has 3 rings (SSSR count). The molecule has 0 fully saturated rings. The van der Waals surface area contributed by atoms with Crippen LogP contribution in [0.3, 0.4) is 0 Å². The van der Waals surface area contributed by atoms with Crippen LogP contribution in [-0.2, 0) is 0 Å². The average molecular weight is 276 g/mol. The molecule has 0 saturated carbocycles. The second-order valence-corrected chi connectivity index (χ2v) is 4.52. The number of aromatic nitrogens is 1. The van der Waals surface area contributed by atoms with Gasteiger partial charge in [-0.05, 0) is 18.2 Å². The summed E-state index contributed by atoms with van der Waals surface area (Å²) in [6.45, 7) is 0. The first kappa shape index (κ1) is 12.1. The third-order valence-corrected chi connectivity index (χ3v) is 3.20. The first-order valence-corrected chi connectivity index (χ1v) is 6.04. The molecule has 0 amide bonds. The lowest BCUT2D eigenvalue weighted by Gasteiger charge is -2.06. The summed E-state index contributed by atoms with van der Waals surface area (Å²) in [7, 11) is 0. The molecule has 19 heavy (non-hydrogen) atoms. The van der Waals surface area contributed by atoms with E-state index >= 15 is 0 Å². The summed E-state index contributed by atoms with van der Waals surface area (Å²) in [6, 6.07) is 13.4. The van der Waals surface area contributed by atoms with Crippen molar-refractivity contribution in [2.75, 3.05) is 0 Å². The van der Waals surface area contributed by atoms with E-state index in [2.05, 4.69) is 4.98 Å². The van der Waals surface area contributed by atoms with Crippen LogP contribution in [0.5, 0.6) is 0 Å². The van der Waals surface area contributed by atoms with Crippen LogP contribution >= 0.6 is 11.6 Å². The fourth-order valence-electron chi connectivity index (χ4n) is 1.95. The normalized spacial score (nSPS) is 10.9. The fourth-order valence-corrected chi connectivity index (χ4v) is 2.21. The Morgan fingerprint density at radius 1 is 0.947 bits per heavy atom. The first-order valence-electron chi connectivity index (χ1n) is 5.66. The molecule has 0 N–H and O–H groups in total. The lowest BCUT2D eigenvalue weighted by molar-refractivity contribution is 0.515. The molecule has 0 atom stereocenters. The molecule has 4 heteroatoms. The number of nitrogens with zero attached hydrogens (tertiary/aromatic N) is 1. The van der Waals surface area contributed by atoms with E-state index in [1.165, 1.54) is 6.07 Å². The van der Waals surface area contributed by atoms with Gasteiger partial charge < -0.3 is 0 Å². The molecular weight excluding hydrogens is 268 g/mol. The van der Waals surface area contributed by atoms with Crippen LogP contribution in [0.1, 0.15) is 0 Å². The molecule has 1 heterocycles. The van der Waals surface area contributed by atoms with Crippen molar-refractivity contribution in [1.29, 1.82) is 0 Å². The van der Waals surface area contributed by atoms with Gasteiger partial charge in [0.2, 0.25) is 0 Å². The van der Waals surface area contributed by atoms with Crippen LogP contribution in [0.25, 0.3) is 22.2 Å². The Morgan fingerprint density at radius 3 is 2.42 bits per heavy atom. The smallest absolute Gasteiger partial charge is 0.185 e. The fraction of sp³-hybridized carbons (Fsp3) is 0. The highest BCUT2D eigenvalue weighted by atomic mass is 35.5. The van der Waals surface area contributed by atoms with E-state index in [-0.39, 0.29) is 5.52 Å². The van der Waals surface area contributed by atoms with E-state index in [4.69, 9.17) is 11.6 Å². The largest absolute Gasteiger partial charge is 0.244 e. The zero-order chi connectivity index (χ0) is 13.4. The van der Waals surface area contributed by atoms with Gasteiger partial charge in [0.1, 0.15) is 5.52 Å². The van der Waals surface area contributed by atoms with Crippen LogP contribution in [0.15, 0.2) is 48.5 Å². The van der Waals surface area contributed by atoms with E-state index in [9.17, 15) is 8.78 Å². The van der Waals surface area contributed by atoms with E-state index in [0.717, 1.165) is 11.6 Å². The molecule has 0 aliphatic heterocycles. The molecule has 0 saturated heterocycles. The number of pyridine rings is 1. The van der Waals surface area contributed by atoms with Crippen molar-refractivity contribution < 1.29 is 8.78 Å². The van der Waals surface area contributed by atoms with Gasteiger partial charge in [0.25, 0.3) is 0 Å². The number of halogens is 3. The minimum absolute atomic E-state index is 0.0497. The summed E-state index contributed by atoms with van der Waals surface area (Å²) in [6.07, 6.45) is 0. The molecule has 0 unspecified atom stereocenters. The van der Waals surface area contributed by atoms with Crippen LogP contribution in [-0.4, -0.2) is 4.98 Å². The van der Waals surface area contributed by atoms with E-state index in [1.54, 1.807) is 6.07 Å². The third kappa shape index (κ3) is 2.06. The Labute approximate surface area is 113 Å². The summed E-state index contributed by atoms with van der Waals surface area (Å²) >= 11 is 6.11. The molecular formula is C15H8ClF2N. The second kappa shape index (κ2) is 4.59. The summed E-state index contributed by atoms with van der Waals surface area (Å²) in [5.41, 5.74) is 1.27. The van der Waals surface area contributed by atoms with Crippen molar-refractivity contribution in [2.24, 2.45) is 0 Å². The molecule has 0 bridgehead atoms.